The number of fused-ring (bicyclic) bond motifs is 11. The van der Waals surface area contributed by atoms with Gasteiger partial charge in [-0.3, -0.25) is 4.98 Å². The molecule has 295 valence electrons. The molecule has 3 nitrogen and oxygen atoms in total. The Morgan fingerprint density at radius 3 is 2.00 bits per heavy atom. The molecule has 8 aromatic carbocycles. The van der Waals surface area contributed by atoms with Crippen LogP contribution < -0.4 is 0 Å². The largest absolute Gasteiger partial charge is 0.332 e. The first-order chi connectivity index (χ1) is 31.0. The van der Waals surface area contributed by atoms with Crippen molar-refractivity contribution in [2.75, 3.05) is 0 Å². The zero-order chi connectivity index (χ0) is 43.7. The van der Waals surface area contributed by atoms with Crippen LogP contribution in [0.3, 0.4) is 0 Å². The van der Waals surface area contributed by atoms with Crippen LogP contribution >= 0.6 is 11.3 Å². The van der Waals surface area contributed by atoms with E-state index >= 15 is 0 Å². The van der Waals surface area contributed by atoms with Gasteiger partial charge in [-0.2, -0.15) is 11.3 Å². The average molecular weight is 982 g/mol. The molecule has 61 heavy (non-hydrogen) atoms. The Balaban J connectivity index is 0.000000201. The van der Waals surface area contributed by atoms with Crippen molar-refractivity contribution in [3.05, 3.63) is 199 Å². The van der Waals surface area contributed by atoms with Gasteiger partial charge in [-0.25, -0.2) is 0 Å². The molecule has 0 fully saturated rings. The summed E-state index contributed by atoms with van der Waals surface area (Å²) in [4.78, 5) is 9.63. The maximum absolute atomic E-state index is 8.16. The van der Waals surface area contributed by atoms with Crippen molar-refractivity contribution in [1.29, 1.82) is 0 Å². The maximum Gasteiger partial charge on any atom is 0.0780 e. The second-order valence-corrected chi connectivity index (χ2v) is 16.4. The topological polar surface area (TPSA) is 30.2 Å². The van der Waals surface area contributed by atoms with Crippen molar-refractivity contribution < 1.29 is 25.6 Å². The second kappa shape index (κ2) is 15.8. The first kappa shape index (κ1) is 34.2. The molecule has 4 aromatic heterocycles. The predicted octanol–water partition coefficient (Wildman–Crippen LogP) is 15.5. The van der Waals surface area contributed by atoms with Crippen molar-refractivity contribution in [2.45, 2.75) is 26.6 Å². The van der Waals surface area contributed by atoms with Gasteiger partial charge in [-0.15, -0.1) is 54.1 Å². The Hall–Kier alpha value is -6.49. The number of thiophene rings is 1. The van der Waals surface area contributed by atoms with E-state index in [1.54, 1.807) is 26.0 Å². The van der Waals surface area contributed by atoms with Crippen LogP contribution in [0.4, 0.5) is 0 Å². The summed E-state index contributed by atoms with van der Waals surface area (Å²) < 4.78 is 35.8. The van der Waals surface area contributed by atoms with Crippen LogP contribution in [0.1, 0.15) is 36.4 Å². The SMILES string of the molecule is [2H]C([2H])([2H])c1cnc(-c2[c-]cccc2)cc1C([2H])(C)C.[Ir].[c-]1ccc2c(sc3cc4ccccc4cc32)c1-c1nc2cccc3c4ccccc4c4ccccc4c4ccccc4n1c23. The summed E-state index contributed by atoms with van der Waals surface area (Å²) in [5, 5.41) is 12.3. The van der Waals surface area contributed by atoms with Crippen molar-refractivity contribution in [3.8, 4) is 22.6 Å². The Morgan fingerprint density at radius 1 is 0.623 bits per heavy atom. The van der Waals surface area contributed by atoms with Gasteiger partial charge in [0.1, 0.15) is 0 Å². The second-order valence-electron chi connectivity index (χ2n) is 15.3. The Bertz CT molecular complexity index is 3830. The molecule has 0 saturated heterocycles. The molecule has 0 bridgehead atoms. The summed E-state index contributed by atoms with van der Waals surface area (Å²) in [7, 11) is 0. The van der Waals surface area contributed by atoms with Crippen LogP contribution in [0.25, 0.3) is 102 Å². The molecule has 0 aliphatic rings. The summed E-state index contributed by atoms with van der Waals surface area (Å²) in [6.07, 6.45) is 1.36. The minimum Gasteiger partial charge on any atom is -0.332 e. The molecule has 4 heterocycles. The number of para-hydroxylation sites is 2. The number of pyridine rings is 1. The van der Waals surface area contributed by atoms with Crippen LogP contribution in [-0.4, -0.2) is 14.4 Å². The number of aryl methyl sites for hydroxylation is 1. The van der Waals surface area contributed by atoms with Crippen molar-refractivity contribution in [3.63, 3.8) is 0 Å². The van der Waals surface area contributed by atoms with Crippen LogP contribution in [0.2, 0.25) is 0 Å². The van der Waals surface area contributed by atoms with E-state index in [2.05, 4.69) is 161 Å². The van der Waals surface area contributed by atoms with E-state index in [1.807, 2.05) is 29.5 Å². The van der Waals surface area contributed by atoms with Gasteiger partial charge in [0.2, 0.25) is 0 Å². The zero-order valence-electron chi connectivity index (χ0n) is 37.3. The molecule has 12 aromatic rings. The molecule has 0 aliphatic heterocycles. The number of imidazole rings is 1. The van der Waals surface area contributed by atoms with Crippen LogP contribution in [0.5, 0.6) is 0 Å². The number of hydrogen-bond acceptors (Lipinski definition) is 3. The molecule has 0 N–H and O–H groups in total. The summed E-state index contributed by atoms with van der Waals surface area (Å²) in [5.74, 6) is -0.0885. The number of rotatable bonds is 3. The number of benzene rings is 8. The van der Waals surface area contributed by atoms with Crippen molar-refractivity contribution in [2.24, 2.45) is 0 Å². The standard InChI is InChI=1S/C41H23N2S.C15H16N.Ir/c1-2-12-26-24-38-35(23-25(26)11-1)33-19-9-20-34(40(33)44-38)41-42-36-21-10-18-32-30-16-6-4-14-28(30)27-13-3-5-15-29(27)31-17-7-8-22-37(31)43(41)39(32)36;1-11(2)14-9-15(16-10-12(14)3)13-7-5-4-6-8-13;/h1-19,21-24H;4-7,9-11H,1-3H3;/q2*-1;/i;3D3,11D;. The molecular weight excluding hydrogens is 939 g/mol. The molecule has 0 unspecified atom stereocenters. The molecular formula is C56H39IrN3S-2. The average Bonchev–Trinajstić information content (AvgIpc) is 3.89. The minimum atomic E-state index is -2.26. The normalized spacial score (nSPS) is 12.9. The maximum atomic E-state index is 8.16. The Kier molecular flexibility index (Phi) is 8.89. The molecule has 0 aliphatic carbocycles. The van der Waals surface area contributed by atoms with E-state index in [0.717, 1.165) is 33.5 Å². The first-order valence-electron chi connectivity index (χ1n) is 22.1. The van der Waals surface area contributed by atoms with Gasteiger partial charge >= 0.3 is 0 Å². The molecule has 0 spiro atoms. The first-order valence-corrected chi connectivity index (χ1v) is 20.9. The summed E-state index contributed by atoms with van der Waals surface area (Å²) >= 11 is 1.84. The van der Waals surface area contributed by atoms with Gasteiger partial charge in [0.25, 0.3) is 0 Å². The summed E-state index contributed by atoms with van der Waals surface area (Å²) in [6.45, 7) is 1.09. The molecule has 12 rings (SSSR count). The molecule has 1 radical (unpaired) electrons. The Morgan fingerprint density at radius 2 is 1.28 bits per heavy atom. The fraction of sp³-hybridized carbons (Fsp3) is 0.0714. The minimum absolute atomic E-state index is 0. The molecule has 5 heteroatoms. The van der Waals surface area contributed by atoms with E-state index in [4.69, 9.17) is 10.5 Å². The summed E-state index contributed by atoms with van der Waals surface area (Å²) in [5.41, 5.74) is 6.28. The third kappa shape index (κ3) is 6.61. The van der Waals surface area contributed by atoms with Gasteiger partial charge in [-0.05, 0) is 96.2 Å². The van der Waals surface area contributed by atoms with Gasteiger partial charge < -0.3 is 9.38 Å². The molecule has 0 amide bonds. The zero-order valence-corrected chi connectivity index (χ0v) is 36.5. The van der Waals surface area contributed by atoms with Crippen LogP contribution in [0, 0.1) is 19.0 Å². The third-order valence-corrected chi connectivity index (χ3v) is 12.7. The van der Waals surface area contributed by atoms with Gasteiger partial charge in [0, 0.05) is 52.8 Å². The number of hydrogen-bond donors (Lipinski definition) is 0. The number of nitrogens with zero attached hydrogens (tertiary/aromatic N) is 3. The van der Waals surface area contributed by atoms with Gasteiger partial charge in [0.15, 0.2) is 0 Å². The van der Waals surface area contributed by atoms with Crippen molar-refractivity contribution >= 4 is 91.1 Å². The Labute approximate surface area is 377 Å². The molecule has 0 saturated carbocycles. The fourth-order valence-electron chi connectivity index (χ4n) is 8.71. The smallest absolute Gasteiger partial charge is 0.0780 e. The van der Waals surface area contributed by atoms with Crippen LogP contribution in [0.15, 0.2) is 176 Å². The van der Waals surface area contributed by atoms with E-state index in [-0.39, 0.29) is 25.7 Å². The third-order valence-electron chi connectivity index (χ3n) is 11.5. The predicted molar refractivity (Wildman–Crippen MR) is 256 cm³/mol. The van der Waals surface area contributed by atoms with Crippen molar-refractivity contribution in [1.82, 2.24) is 14.4 Å². The van der Waals surface area contributed by atoms with E-state index < -0.39 is 12.7 Å². The van der Waals surface area contributed by atoms with Crippen LogP contribution in [-0.2, 0) is 20.1 Å². The molecule has 0 atom stereocenters. The van der Waals surface area contributed by atoms with E-state index in [9.17, 15) is 0 Å². The fourth-order valence-corrected chi connectivity index (χ4v) is 9.93. The van der Waals surface area contributed by atoms with Gasteiger partial charge in [-0.1, -0.05) is 134 Å². The quantitative estimate of drug-likeness (QED) is 0.165. The van der Waals surface area contributed by atoms with E-state index in [1.165, 1.54) is 69.5 Å². The van der Waals surface area contributed by atoms with E-state index in [0.29, 0.717) is 11.3 Å². The number of aromatic nitrogens is 3. The monoisotopic (exact) mass is 982 g/mol. The summed E-state index contributed by atoms with van der Waals surface area (Å²) in [6, 6.07) is 66.2. The van der Waals surface area contributed by atoms with Gasteiger partial charge in [0.05, 0.1) is 16.9 Å².